The van der Waals surface area contributed by atoms with Crippen LogP contribution in [0.15, 0.2) is 23.1 Å². The molecule has 0 saturated heterocycles. The van der Waals surface area contributed by atoms with Crippen LogP contribution in [0.5, 0.6) is 0 Å². The fourth-order valence-corrected chi connectivity index (χ4v) is 1.50. The summed E-state index contributed by atoms with van der Waals surface area (Å²) in [6, 6.07) is 3.79. The summed E-state index contributed by atoms with van der Waals surface area (Å²) in [6.07, 6.45) is 1.86. The van der Waals surface area contributed by atoms with Gasteiger partial charge in [-0.2, -0.15) is 0 Å². The van der Waals surface area contributed by atoms with Crippen LogP contribution in [0.3, 0.4) is 0 Å². The molecule has 0 atom stereocenters. The van der Waals surface area contributed by atoms with Crippen molar-refractivity contribution in [3.8, 4) is 0 Å². The van der Waals surface area contributed by atoms with E-state index in [-0.39, 0.29) is 5.56 Å². The number of hydrogen-bond donors (Lipinski definition) is 1. The van der Waals surface area contributed by atoms with Crippen LogP contribution in [0.1, 0.15) is 19.4 Å². The van der Waals surface area contributed by atoms with Gasteiger partial charge >= 0.3 is 0 Å². The standard InChI is InChI=1S/C11H18N2O/c1-4-12(5-2)9-13-8-6-7-10(3)11(13)14/h6-8H,4-5,9H2,1-3H3/p+1. The van der Waals surface area contributed by atoms with Crippen LogP contribution in [0.25, 0.3) is 0 Å². The maximum atomic E-state index is 11.7. The van der Waals surface area contributed by atoms with Crippen molar-refractivity contribution in [1.82, 2.24) is 4.57 Å². The molecule has 0 unspecified atom stereocenters. The molecule has 0 aliphatic carbocycles. The Kier molecular flexibility index (Phi) is 3.89. The van der Waals surface area contributed by atoms with Gasteiger partial charge in [0.25, 0.3) is 5.56 Å². The molecule has 0 spiro atoms. The third kappa shape index (κ3) is 2.45. The van der Waals surface area contributed by atoms with Crippen LogP contribution in [-0.4, -0.2) is 17.7 Å². The predicted octanol–water partition coefficient (Wildman–Crippen LogP) is 0.0389. The van der Waals surface area contributed by atoms with Gasteiger partial charge in [-0.1, -0.05) is 6.07 Å². The largest absolute Gasteiger partial charge is 0.318 e. The highest BCUT2D eigenvalue weighted by molar-refractivity contribution is 5.07. The molecule has 1 aromatic rings. The molecule has 0 bridgehead atoms. The van der Waals surface area contributed by atoms with Gasteiger partial charge in [0.15, 0.2) is 6.67 Å². The number of aryl methyl sites for hydroxylation is 1. The lowest BCUT2D eigenvalue weighted by atomic mass is 10.3. The average Bonchev–Trinajstić information content (AvgIpc) is 2.20. The first-order valence-corrected chi connectivity index (χ1v) is 5.18. The molecular weight excluding hydrogens is 176 g/mol. The van der Waals surface area contributed by atoms with Gasteiger partial charge in [0.2, 0.25) is 0 Å². The van der Waals surface area contributed by atoms with Crippen molar-refractivity contribution in [3.05, 3.63) is 34.2 Å². The van der Waals surface area contributed by atoms with Crippen molar-refractivity contribution in [2.45, 2.75) is 27.4 Å². The molecule has 0 fully saturated rings. The number of aromatic nitrogens is 1. The van der Waals surface area contributed by atoms with E-state index in [2.05, 4.69) is 13.8 Å². The second-order valence-electron chi connectivity index (χ2n) is 3.58. The fourth-order valence-electron chi connectivity index (χ4n) is 1.50. The Morgan fingerprint density at radius 2 is 2.00 bits per heavy atom. The summed E-state index contributed by atoms with van der Waals surface area (Å²) in [6.45, 7) is 9.01. The van der Waals surface area contributed by atoms with Crippen LogP contribution < -0.4 is 10.5 Å². The summed E-state index contributed by atoms with van der Waals surface area (Å²) in [4.78, 5) is 13.1. The van der Waals surface area contributed by atoms with Crippen molar-refractivity contribution in [3.63, 3.8) is 0 Å². The summed E-state index contributed by atoms with van der Waals surface area (Å²) in [7, 11) is 0. The lowest BCUT2D eigenvalue weighted by Gasteiger charge is -2.16. The van der Waals surface area contributed by atoms with Gasteiger partial charge in [-0.15, -0.1) is 0 Å². The van der Waals surface area contributed by atoms with Gasteiger partial charge in [0.05, 0.1) is 13.1 Å². The molecule has 0 aliphatic rings. The highest BCUT2D eigenvalue weighted by Crippen LogP contribution is 1.86. The first-order chi connectivity index (χ1) is 6.69. The normalized spacial score (nSPS) is 10.9. The van der Waals surface area contributed by atoms with E-state index in [1.807, 2.05) is 25.3 Å². The Hall–Kier alpha value is -1.09. The van der Waals surface area contributed by atoms with Gasteiger partial charge in [0.1, 0.15) is 0 Å². The van der Waals surface area contributed by atoms with E-state index in [0.29, 0.717) is 0 Å². The second-order valence-corrected chi connectivity index (χ2v) is 3.58. The predicted molar refractivity (Wildman–Crippen MR) is 57.5 cm³/mol. The van der Waals surface area contributed by atoms with E-state index in [0.717, 1.165) is 25.3 Å². The van der Waals surface area contributed by atoms with Gasteiger partial charge < -0.3 is 4.90 Å². The summed E-state index contributed by atoms with van der Waals surface area (Å²) in [5, 5.41) is 0. The van der Waals surface area contributed by atoms with E-state index in [4.69, 9.17) is 0 Å². The maximum Gasteiger partial charge on any atom is 0.257 e. The minimum absolute atomic E-state index is 0.131. The molecule has 78 valence electrons. The van der Waals surface area contributed by atoms with E-state index >= 15 is 0 Å². The zero-order valence-corrected chi connectivity index (χ0v) is 9.21. The van der Waals surface area contributed by atoms with E-state index in [9.17, 15) is 4.79 Å². The molecule has 0 radical (unpaired) electrons. The Bertz CT molecular complexity index is 339. The Balaban J connectivity index is 2.86. The lowest BCUT2D eigenvalue weighted by Crippen LogP contribution is -3.10. The minimum atomic E-state index is 0.131. The zero-order chi connectivity index (χ0) is 10.6. The van der Waals surface area contributed by atoms with Crippen molar-refractivity contribution in [2.24, 2.45) is 0 Å². The summed E-state index contributed by atoms with van der Waals surface area (Å²) >= 11 is 0. The van der Waals surface area contributed by atoms with Crippen LogP contribution in [0.2, 0.25) is 0 Å². The van der Waals surface area contributed by atoms with Gasteiger partial charge in [0, 0.05) is 11.8 Å². The van der Waals surface area contributed by atoms with Crippen LogP contribution in [0, 0.1) is 6.92 Å². The molecule has 0 saturated carbocycles. The quantitative estimate of drug-likeness (QED) is 0.721. The SMILES string of the molecule is CC[NH+](CC)Cn1cccc(C)c1=O. The van der Waals surface area contributed by atoms with Crippen LogP contribution in [0.4, 0.5) is 0 Å². The fraction of sp³-hybridized carbons (Fsp3) is 0.545. The van der Waals surface area contributed by atoms with Gasteiger partial charge in [-0.25, -0.2) is 0 Å². The monoisotopic (exact) mass is 195 g/mol. The molecule has 3 nitrogen and oxygen atoms in total. The van der Waals surface area contributed by atoms with Gasteiger partial charge in [-0.3, -0.25) is 9.36 Å². The summed E-state index contributed by atoms with van der Waals surface area (Å²) in [5.74, 6) is 0. The van der Waals surface area contributed by atoms with Crippen molar-refractivity contribution in [2.75, 3.05) is 13.1 Å². The van der Waals surface area contributed by atoms with Crippen LogP contribution in [-0.2, 0) is 6.67 Å². The lowest BCUT2D eigenvalue weighted by molar-refractivity contribution is -0.919. The molecule has 1 aromatic heterocycles. The number of nitrogens with zero attached hydrogens (tertiary/aromatic N) is 1. The average molecular weight is 195 g/mol. The minimum Gasteiger partial charge on any atom is -0.318 e. The zero-order valence-electron chi connectivity index (χ0n) is 9.21. The summed E-state index contributed by atoms with van der Waals surface area (Å²) in [5.41, 5.74) is 0.950. The molecular formula is C11H19N2O+. The topological polar surface area (TPSA) is 26.4 Å². The smallest absolute Gasteiger partial charge is 0.257 e. The number of rotatable bonds is 4. The molecule has 0 aliphatic heterocycles. The van der Waals surface area contributed by atoms with Crippen molar-refractivity contribution in [1.29, 1.82) is 0 Å². The number of nitrogens with one attached hydrogen (secondary N) is 1. The van der Waals surface area contributed by atoms with E-state index in [1.54, 1.807) is 4.57 Å². The van der Waals surface area contributed by atoms with E-state index in [1.165, 1.54) is 4.90 Å². The molecule has 1 N–H and O–H groups in total. The number of hydrogen-bond acceptors (Lipinski definition) is 1. The van der Waals surface area contributed by atoms with Gasteiger partial charge in [-0.05, 0) is 26.8 Å². The Labute approximate surface area is 85.0 Å². The van der Waals surface area contributed by atoms with Crippen molar-refractivity contribution < 1.29 is 4.90 Å². The number of pyridine rings is 1. The molecule has 0 aromatic carbocycles. The molecule has 1 rings (SSSR count). The third-order valence-corrected chi connectivity index (χ3v) is 2.60. The Morgan fingerprint density at radius 3 is 2.57 bits per heavy atom. The first-order valence-electron chi connectivity index (χ1n) is 5.18. The second kappa shape index (κ2) is 4.96. The van der Waals surface area contributed by atoms with E-state index < -0.39 is 0 Å². The molecule has 0 amide bonds. The highest BCUT2D eigenvalue weighted by atomic mass is 16.1. The molecule has 14 heavy (non-hydrogen) atoms. The Morgan fingerprint density at radius 1 is 1.36 bits per heavy atom. The molecule has 3 heteroatoms. The van der Waals surface area contributed by atoms with Crippen molar-refractivity contribution >= 4 is 0 Å². The molecule has 1 heterocycles. The number of quaternary nitrogens is 1. The highest BCUT2D eigenvalue weighted by Gasteiger charge is 2.05. The van der Waals surface area contributed by atoms with Crippen LogP contribution >= 0.6 is 0 Å². The first kappa shape index (κ1) is 11.0. The third-order valence-electron chi connectivity index (χ3n) is 2.60. The summed E-state index contributed by atoms with van der Waals surface area (Å²) < 4.78 is 1.79. The maximum absolute atomic E-state index is 11.7.